The van der Waals surface area contributed by atoms with E-state index in [1.807, 2.05) is 20.8 Å². The summed E-state index contributed by atoms with van der Waals surface area (Å²) in [5.41, 5.74) is 5.45. The van der Waals surface area contributed by atoms with E-state index >= 15 is 0 Å². The van der Waals surface area contributed by atoms with Gasteiger partial charge in [0.25, 0.3) is 0 Å². The van der Waals surface area contributed by atoms with Crippen LogP contribution in [0.5, 0.6) is 0 Å². The van der Waals surface area contributed by atoms with Gasteiger partial charge in [0.15, 0.2) is 0 Å². The quantitative estimate of drug-likeness (QED) is 0.760. The summed E-state index contributed by atoms with van der Waals surface area (Å²) in [6.45, 7) is 6.33. The fourth-order valence-corrected chi connectivity index (χ4v) is 2.06. The van der Waals surface area contributed by atoms with Gasteiger partial charge in [-0.15, -0.1) is 0 Å². The number of ether oxygens (including phenoxy) is 1. The first-order chi connectivity index (χ1) is 8.61. The maximum Gasteiger partial charge on any atom is 0.410 e. The SMILES string of the molecule is CN(C)C(=O)[C@@H]1CN(C(=O)OC(C)(C)C)CC[C@@H]1N. The minimum atomic E-state index is -0.530. The van der Waals surface area contributed by atoms with Crippen LogP contribution in [0.15, 0.2) is 0 Å². The number of piperidine rings is 1. The second-order valence-electron chi connectivity index (χ2n) is 6.22. The van der Waals surface area contributed by atoms with Crippen LogP contribution in [-0.2, 0) is 9.53 Å². The van der Waals surface area contributed by atoms with Gasteiger partial charge >= 0.3 is 6.09 Å². The normalized spacial score (nSPS) is 24.0. The van der Waals surface area contributed by atoms with Gasteiger partial charge in [0.05, 0.1) is 5.92 Å². The average Bonchev–Trinajstić information content (AvgIpc) is 2.26. The second kappa shape index (κ2) is 5.77. The van der Waals surface area contributed by atoms with Gasteiger partial charge in [0.2, 0.25) is 5.91 Å². The molecule has 0 aromatic heterocycles. The van der Waals surface area contributed by atoms with E-state index in [0.717, 1.165) is 0 Å². The van der Waals surface area contributed by atoms with Crippen LogP contribution in [0.3, 0.4) is 0 Å². The van der Waals surface area contributed by atoms with Gasteiger partial charge < -0.3 is 20.3 Å². The first kappa shape index (κ1) is 15.8. The first-order valence-corrected chi connectivity index (χ1v) is 6.56. The maximum atomic E-state index is 12.0. The number of likely N-dealkylation sites (tertiary alicyclic amines) is 1. The standard InChI is InChI=1S/C13H25N3O3/c1-13(2,3)19-12(18)16-7-6-10(14)9(8-16)11(17)15(4)5/h9-10H,6-8,14H2,1-5H3/t9-,10+/m1/s1. The highest BCUT2D eigenvalue weighted by molar-refractivity contribution is 5.80. The molecule has 0 aromatic carbocycles. The molecular formula is C13H25N3O3. The van der Waals surface area contributed by atoms with E-state index < -0.39 is 5.60 Å². The Labute approximate surface area is 114 Å². The molecule has 0 spiro atoms. The molecule has 2 amide bonds. The number of rotatable bonds is 1. The summed E-state index contributed by atoms with van der Waals surface area (Å²) >= 11 is 0. The van der Waals surface area contributed by atoms with Crippen molar-refractivity contribution in [1.82, 2.24) is 9.80 Å². The van der Waals surface area contributed by atoms with Crippen LogP contribution in [0.1, 0.15) is 27.2 Å². The molecule has 110 valence electrons. The molecule has 1 rings (SSSR count). The number of carbonyl (C=O) groups excluding carboxylic acids is 2. The average molecular weight is 271 g/mol. The Hall–Kier alpha value is -1.30. The number of hydrogen-bond donors (Lipinski definition) is 1. The Morgan fingerprint density at radius 2 is 1.89 bits per heavy atom. The molecule has 1 fully saturated rings. The molecule has 6 nitrogen and oxygen atoms in total. The number of carbonyl (C=O) groups is 2. The highest BCUT2D eigenvalue weighted by Gasteiger charge is 2.36. The lowest BCUT2D eigenvalue weighted by Crippen LogP contribution is -2.54. The van der Waals surface area contributed by atoms with Gasteiger partial charge in [0.1, 0.15) is 5.60 Å². The number of nitrogens with zero attached hydrogens (tertiary/aromatic N) is 2. The summed E-state index contributed by atoms with van der Waals surface area (Å²) < 4.78 is 5.32. The van der Waals surface area contributed by atoms with Crippen molar-refractivity contribution in [2.24, 2.45) is 11.7 Å². The monoisotopic (exact) mass is 271 g/mol. The van der Waals surface area contributed by atoms with Crippen LogP contribution in [0, 0.1) is 5.92 Å². The van der Waals surface area contributed by atoms with E-state index in [-0.39, 0.29) is 24.0 Å². The zero-order valence-electron chi connectivity index (χ0n) is 12.5. The van der Waals surface area contributed by atoms with E-state index in [4.69, 9.17) is 10.5 Å². The molecule has 2 N–H and O–H groups in total. The molecule has 19 heavy (non-hydrogen) atoms. The molecule has 0 bridgehead atoms. The zero-order valence-corrected chi connectivity index (χ0v) is 12.5. The minimum absolute atomic E-state index is 0.0410. The van der Waals surface area contributed by atoms with Crippen molar-refractivity contribution in [3.63, 3.8) is 0 Å². The highest BCUT2D eigenvalue weighted by atomic mass is 16.6. The Kier molecular flexibility index (Phi) is 4.79. The highest BCUT2D eigenvalue weighted by Crippen LogP contribution is 2.20. The fourth-order valence-electron chi connectivity index (χ4n) is 2.06. The first-order valence-electron chi connectivity index (χ1n) is 6.56. The summed E-state index contributed by atoms with van der Waals surface area (Å²) in [5, 5.41) is 0. The van der Waals surface area contributed by atoms with Crippen LogP contribution in [0.4, 0.5) is 4.79 Å². The predicted molar refractivity (Wildman–Crippen MR) is 72.6 cm³/mol. The van der Waals surface area contributed by atoms with Crippen molar-refractivity contribution < 1.29 is 14.3 Å². The molecule has 0 aromatic rings. The molecule has 0 unspecified atom stereocenters. The molecule has 1 heterocycles. The largest absolute Gasteiger partial charge is 0.444 e. The smallest absolute Gasteiger partial charge is 0.410 e. The van der Waals surface area contributed by atoms with Crippen LogP contribution >= 0.6 is 0 Å². The zero-order chi connectivity index (χ0) is 14.8. The molecule has 1 saturated heterocycles. The van der Waals surface area contributed by atoms with Gasteiger partial charge in [-0.1, -0.05) is 0 Å². The lowest BCUT2D eigenvalue weighted by atomic mass is 9.92. The third-order valence-corrected chi connectivity index (χ3v) is 3.08. The number of hydrogen-bond acceptors (Lipinski definition) is 4. The number of nitrogens with two attached hydrogens (primary N) is 1. The van der Waals surface area contributed by atoms with Crippen molar-refractivity contribution >= 4 is 12.0 Å². The Morgan fingerprint density at radius 1 is 1.32 bits per heavy atom. The summed E-state index contributed by atoms with van der Waals surface area (Å²) in [7, 11) is 3.39. The summed E-state index contributed by atoms with van der Waals surface area (Å²) in [6, 6.07) is -0.200. The molecule has 0 aliphatic carbocycles. The molecule has 1 aliphatic rings. The van der Waals surface area contributed by atoms with Crippen molar-refractivity contribution in [2.45, 2.75) is 38.8 Å². The predicted octanol–water partition coefficient (Wildman–Crippen LogP) is 0.659. The van der Waals surface area contributed by atoms with E-state index in [1.165, 1.54) is 4.90 Å². The Balaban J connectivity index is 2.69. The second-order valence-corrected chi connectivity index (χ2v) is 6.22. The molecule has 1 aliphatic heterocycles. The minimum Gasteiger partial charge on any atom is -0.444 e. The van der Waals surface area contributed by atoms with Gasteiger partial charge in [-0.2, -0.15) is 0 Å². The molecular weight excluding hydrogens is 246 g/mol. The summed E-state index contributed by atoms with van der Waals surface area (Å²) in [5.74, 6) is -0.392. The van der Waals surface area contributed by atoms with Crippen LogP contribution in [0.25, 0.3) is 0 Å². The van der Waals surface area contributed by atoms with Gasteiger partial charge in [-0.25, -0.2) is 4.79 Å². The van der Waals surface area contributed by atoms with Crippen LogP contribution < -0.4 is 5.73 Å². The maximum absolute atomic E-state index is 12.0. The topological polar surface area (TPSA) is 75.9 Å². The third-order valence-electron chi connectivity index (χ3n) is 3.08. The molecule has 2 atom stereocenters. The lowest BCUT2D eigenvalue weighted by molar-refractivity contribution is -0.135. The van der Waals surface area contributed by atoms with Crippen molar-refractivity contribution in [2.75, 3.05) is 27.2 Å². The van der Waals surface area contributed by atoms with E-state index in [2.05, 4.69) is 0 Å². The van der Waals surface area contributed by atoms with Crippen LogP contribution in [0.2, 0.25) is 0 Å². The lowest BCUT2D eigenvalue weighted by Gasteiger charge is -2.37. The molecule has 6 heteroatoms. The molecule has 0 radical (unpaired) electrons. The van der Waals surface area contributed by atoms with Gasteiger partial charge in [-0.05, 0) is 27.2 Å². The van der Waals surface area contributed by atoms with E-state index in [1.54, 1.807) is 19.0 Å². The van der Waals surface area contributed by atoms with Crippen molar-refractivity contribution in [3.05, 3.63) is 0 Å². The van der Waals surface area contributed by atoms with Crippen molar-refractivity contribution in [1.29, 1.82) is 0 Å². The fraction of sp³-hybridized carbons (Fsp3) is 0.846. The summed E-state index contributed by atoms with van der Waals surface area (Å²) in [4.78, 5) is 27.1. The van der Waals surface area contributed by atoms with Crippen LogP contribution in [-0.4, -0.2) is 60.6 Å². The number of amides is 2. The molecule has 0 saturated carbocycles. The van der Waals surface area contributed by atoms with Gasteiger partial charge in [0, 0.05) is 33.2 Å². The Morgan fingerprint density at radius 3 is 2.37 bits per heavy atom. The van der Waals surface area contributed by atoms with Gasteiger partial charge in [-0.3, -0.25) is 4.79 Å². The summed E-state index contributed by atoms with van der Waals surface area (Å²) in [6.07, 6.45) is 0.236. The Bertz CT molecular complexity index is 350. The van der Waals surface area contributed by atoms with E-state index in [9.17, 15) is 9.59 Å². The van der Waals surface area contributed by atoms with E-state index in [0.29, 0.717) is 19.5 Å². The third kappa shape index (κ3) is 4.38. The van der Waals surface area contributed by atoms with Crippen molar-refractivity contribution in [3.8, 4) is 0 Å².